The molecule has 0 aliphatic carbocycles. The van der Waals surface area contributed by atoms with Crippen LogP contribution in [-0.2, 0) is 0 Å². The molecule has 35 heavy (non-hydrogen) atoms. The lowest BCUT2D eigenvalue weighted by molar-refractivity contribution is 0.217. The molecule has 6 nitrogen and oxygen atoms in total. The van der Waals surface area contributed by atoms with Gasteiger partial charge in [-0.15, -0.1) is 5.10 Å². The van der Waals surface area contributed by atoms with Crippen LogP contribution in [-0.4, -0.2) is 28.1 Å². The number of para-hydroxylation sites is 1. The summed E-state index contributed by atoms with van der Waals surface area (Å²) in [5, 5.41) is 8.93. The molecule has 9 heteroatoms. The zero-order valence-electron chi connectivity index (χ0n) is 18.8. The summed E-state index contributed by atoms with van der Waals surface area (Å²) >= 11 is 5.07. The molecule has 0 spiro atoms. The van der Waals surface area contributed by atoms with Crippen molar-refractivity contribution < 1.29 is 13.9 Å². The Hall–Kier alpha value is -3.30. The highest BCUT2D eigenvalue weighted by Crippen LogP contribution is 2.52. The molecule has 0 amide bonds. The maximum Gasteiger partial charge on any atom is 0.227 e. The van der Waals surface area contributed by atoms with E-state index in [-0.39, 0.29) is 11.9 Å². The van der Waals surface area contributed by atoms with Gasteiger partial charge in [0.2, 0.25) is 11.1 Å². The van der Waals surface area contributed by atoms with Gasteiger partial charge >= 0.3 is 0 Å². The average Bonchev–Trinajstić information content (AvgIpc) is 3.30. The lowest BCUT2D eigenvalue weighted by atomic mass is 9.84. The predicted molar refractivity (Wildman–Crippen MR) is 137 cm³/mol. The van der Waals surface area contributed by atoms with Crippen molar-refractivity contribution in [3.63, 3.8) is 0 Å². The average molecular weight is 551 g/mol. The minimum absolute atomic E-state index is 0.295. The zero-order valence-corrected chi connectivity index (χ0v) is 21.2. The Morgan fingerprint density at radius 2 is 1.91 bits per heavy atom. The second-order valence-corrected chi connectivity index (χ2v) is 9.85. The highest BCUT2D eigenvalue weighted by Gasteiger charge is 2.42. The molecular weight excluding hydrogens is 531 g/mol. The largest absolute Gasteiger partial charge is 0.496 e. The number of anilines is 1. The van der Waals surface area contributed by atoms with Crippen LogP contribution in [0.1, 0.15) is 28.8 Å². The van der Waals surface area contributed by atoms with Crippen LogP contribution in [0.25, 0.3) is 5.70 Å². The second-order valence-electron chi connectivity index (χ2n) is 8.16. The van der Waals surface area contributed by atoms with Gasteiger partial charge in [-0.25, -0.2) is 9.07 Å². The van der Waals surface area contributed by atoms with Gasteiger partial charge in [0.15, 0.2) is 6.10 Å². The third-order valence-electron chi connectivity index (χ3n) is 6.20. The number of nitrogens with zero attached hydrogens (tertiary/aromatic N) is 3. The summed E-state index contributed by atoms with van der Waals surface area (Å²) in [5.41, 5.74) is 4.52. The predicted octanol–water partition coefficient (Wildman–Crippen LogP) is 6.47. The monoisotopic (exact) mass is 550 g/mol. The van der Waals surface area contributed by atoms with E-state index in [4.69, 9.17) is 19.6 Å². The number of nitrogens with one attached hydrogen (secondary N) is 1. The Morgan fingerprint density at radius 3 is 2.69 bits per heavy atom. The van der Waals surface area contributed by atoms with Crippen LogP contribution in [0.15, 0.2) is 81.9 Å². The quantitative estimate of drug-likeness (QED) is 0.294. The zero-order chi connectivity index (χ0) is 24.1. The van der Waals surface area contributed by atoms with Crippen molar-refractivity contribution in [2.45, 2.75) is 17.3 Å². The van der Waals surface area contributed by atoms with Gasteiger partial charge in [0, 0.05) is 21.2 Å². The first kappa shape index (κ1) is 22.2. The van der Waals surface area contributed by atoms with E-state index in [1.54, 1.807) is 19.2 Å². The first-order valence-corrected chi connectivity index (χ1v) is 13.0. The van der Waals surface area contributed by atoms with Crippen LogP contribution in [0.5, 0.6) is 11.5 Å². The minimum Gasteiger partial charge on any atom is -0.496 e. The maximum absolute atomic E-state index is 13.9. The van der Waals surface area contributed by atoms with Crippen molar-refractivity contribution in [3.8, 4) is 11.5 Å². The van der Waals surface area contributed by atoms with Gasteiger partial charge in [-0.05, 0) is 54.3 Å². The number of thioether (sulfide) groups is 1. The van der Waals surface area contributed by atoms with Crippen LogP contribution in [0.2, 0.25) is 0 Å². The lowest BCUT2D eigenvalue weighted by Crippen LogP contribution is -2.32. The van der Waals surface area contributed by atoms with Gasteiger partial charge in [0.05, 0.1) is 12.8 Å². The first-order valence-electron chi connectivity index (χ1n) is 10.9. The van der Waals surface area contributed by atoms with E-state index in [0.717, 1.165) is 38.2 Å². The van der Waals surface area contributed by atoms with Crippen molar-refractivity contribution >= 4 is 39.3 Å². The highest BCUT2D eigenvalue weighted by molar-refractivity contribution is 9.10. The summed E-state index contributed by atoms with van der Waals surface area (Å²) in [5.74, 6) is 1.79. The maximum atomic E-state index is 13.9. The van der Waals surface area contributed by atoms with Gasteiger partial charge in [-0.3, -0.25) is 0 Å². The number of aromatic nitrogens is 3. The molecule has 1 aromatic heterocycles. The van der Waals surface area contributed by atoms with E-state index in [2.05, 4.69) is 21.2 Å². The number of hydrogen-bond donors (Lipinski definition) is 1. The van der Waals surface area contributed by atoms with Crippen molar-refractivity contribution in [2.75, 3.05) is 18.7 Å². The number of benzene rings is 3. The van der Waals surface area contributed by atoms with Crippen LogP contribution in [0.4, 0.5) is 10.3 Å². The van der Waals surface area contributed by atoms with E-state index in [0.29, 0.717) is 16.9 Å². The normalized spacial score (nSPS) is 18.2. The molecule has 0 radical (unpaired) electrons. The molecule has 2 atom stereocenters. The fourth-order valence-electron chi connectivity index (χ4n) is 4.68. The number of methoxy groups -OCH3 is 1. The van der Waals surface area contributed by atoms with Gasteiger partial charge in [0.1, 0.15) is 23.4 Å². The van der Waals surface area contributed by atoms with Crippen LogP contribution in [0.3, 0.4) is 0 Å². The number of ether oxygens (including phenoxy) is 2. The van der Waals surface area contributed by atoms with Gasteiger partial charge < -0.3 is 14.8 Å². The lowest BCUT2D eigenvalue weighted by Gasteiger charge is -2.39. The molecule has 0 saturated heterocycles. The Balaban J connectivity index is 1.65. The smallest absolute Gasteiger partial charge is 0.227 e. The Bertz CT molecular complexity index is 1470. The number of halogens is 2. The molecule has 4 aromatic rings. The molecule has 3 aromatic carbocycles. The van der Waals surface area contributed by atoms with E-state index in [9.17, 15) is 4.39 Å². The fraction of sp³-hybridized carbons (Fsp3) is 0.154. The topological polar surface area (TPSA) is 61.2 Å². The van der Waals surface area contributed by atoms with Gasteiger partial charge in [-0.2, -0.15) is 4.98 Å². The fourth-order valence-corrected chi connectivity index (χ4v) is 5.40. The molecule has 6 rings (SSSR count). The molecular formula is C26H20BrFN4O2S. The van der Waals surface area contributed by atoms with Crippen molar-refractivity contribution in [1.29, 1.82) is 0 Å². The molecule has 0 fully saturated rings. The Kier molecular flexibility index (Phi) is 5.53. The third-order valence-corrected chi connectivity index (χ3v) is 7.23. The second kappa shape index (κ2) is 8.73. The first-order chi connectivity index (χ1) is 17.1. The standard InChI is InChI=1S/C26H20BrFN4O2S/c1-33-19-12-9-15(27)13-18(19)24-21-22(17-5-3-4-6-20(17)34-24)29-25-30-26(35-2)31-32(25)23(21)14-7-10-16(28)11-8-14/h3-13,23-24H,1-2H3,(H,29,30,31)/t23-,24-/m0/s1. The minimum atomic E-state index is -0.495. The summed E-state index contributed by atoms with van der Waals surface area (Å²) < 4.78 is 29.1. The van der Waals surface area contributed by atoms with Gasteiger partial charge in [0.25, 0.3) is 0 Å². The number of hydrogen-bond acceptors (Lipinski definition) is 6. The number of rotatable bonds is 4. The third kappa shape index (κ3) is 3.70. The van der Waals surface area contributed by atoms with E-state index < -0.39 is 6.10 Å². The molecule has 2 aliphatic rings. The summed E-state index contributed by atoms with van der Waals surface area (Å²) in [6.45, 7) is 0. The molecule has 2 aliphatic heterocycles. The molecule has 0 saturated carbocycles. The molecule has 0 unspecified atom stereocenters. The summed E-state index contributed by atoms with van der Waals surface area (Å²) in [7, 11) is 1.65. The van der Waals surface area contributed by atoms with Crippen molar-refractivity contribution in [2.24, 2.45) is 0 Å². The molecule has 1 N–H and O–H groups in total. The van der Waals surface area contributed by atoms with E-state index in [1.807, 2.05) is 53.4 Å². The van der Waals surface area contributed by atoms with E-state index >= 15 is 0 Å². The van der Waals surface area contributed by atoms with Crippen molar-refractivity contribution in [1.82, 2.24) is 14.8 Å². The van der Waals surface area contributed by atoms with Crippen LogP contribution >= 0.6 is 27.7 Å². The van der Waals surface area contributed by atoms with Crippen LogP contribution in [0, 0.1) is 5.82 Å². The van der Waals surface area contributed by atoms with Gasteiger partial charge in [-0.1, -0.05) is 52.0 Å². The highest BCUT2D eigenvalue weighted by atomic mass is 79.9. The summed E-state index contributed by atoms with van der Waals surface area (Å²) in [6, 6.07) is 19.9. The van der Waals surface area contributed by atoms with Crippen LogP contribution < -0.4 is 14.8 Å². The SMILES string of the molecule is COc1ccc(Br)cc1[C@@H]1Oc2ccccc2C2=C1[C@H](c1ccc(F)cc1)n1nc(SC)nc1N2. The molecule has 0 bridgehead atoms. The Labute approximate surface area is 214 Å². The van der Waals surface area contributed by atoms with E-state index in [1.165, 1.54) is 23.9 Å². The number of fused-ring (bicyclic) bond motifs is 3. The summed E-state index contributed by atoms with van der Waals surface area (Å²) in [6.07, 6.45) is 1.44. The summed E-state index contributed by atoms with van der Waals surface area (Å²) in [4.78, 5) is 4.69. The van der Waals surface area contributed by atoms with Crippen molar-refractivity contribution in [3.05, 3.63) is 99.3 Å². The molecule has 176 valence electrons. The Morgan fingerprint density at radius 1 is 1.11 bits per heavy atom. The molecule has 3 heterocycles.